The van der Waals surface area contributed by atoms with Crippen LogP contribution in [0.5, 0.6) is 16.6 Å². The molecular formula is C17H19N3O3S. The summed E-state index contributed by atoms with van der Waals surface area (Å²) >= 11 is 1.25. The van der Waals surface area contributed by atoms with Crippen LogP contribution in [0.25, 0.3) is 0 Å². The van der Waals surface area contributed by atoms with Crippen molar-refractivity contribution in [3.8, 4) is 16.6 Å². The highest BCUT2D eigenvalue weighted by Crippen LogP contribution is 2.30. The van der Waals surface area contributed by atoms with E-state index in [1.165, 1.54) is 17.8 Å². The van der Waals surface area contributed by atoms with Gasteiger partial charge >= 0.3 is 0 Å². The van der Waals surface area contributed by atoms with Crippen LogP contribution in [0.1, 0.15) is 29.1 Å². The standard InChI is InChI=1S/C17H19N3O3S/c1-22-11-3-5-12(6-4-11)23-15-9-18-17(24-15)16(21)20-14-8-10-2-7-13(14)19-10/h3-6,9-10,13-14,19H,2,7-8H2,1H3,(H,20,21). The number of methoxy groups -OCH3 is 1. The van der Waals surface area contributed by atoms with Crippen LogP contribution >= 0.6 is 11.3 Å². The van der Waals surface area contributed by atoms with E-state index in [0.29, 0.717) is 27.9 Å². The molecule has 4 rings (SSSR count). The van der Waals surface area contributed by atoms with E-state index in [0.717, 1.165) is 18.6 Å². The second-order valence-corrected chi connectivity index (χ2v) is 7.12. The third-order valence-electron chi connectivity index (χ3n) is 4.57. The van der Waals surface area contributed by atoms with Crippen molar-refractivity contribution in [1.29, 1.82) is 0 Å². The van der Waals surface area contributed by atoms with Gasteiger partial charge in [-0.3, -0.25) is 4.79 Å². The molecule has 126 valence electrons. The van der Waals surface area contributed by atoms with Gasteiger partial charge in [0.2, 0.25) is 5.06 Å². The Bertz CT molecular complexity index is 731. The van der Waals surface area contributed by atoms with Gasteiger partial charge in [0.1, 0.15) is 11.5 Å². The fourth-order valence-electron chi connectivity index (χ4n) is 3.39. The number of carbonyl (C=O) groups excluding carboxylic acids is 1. The maximum Gasteiger partial charge on any atom is 0.280 e. The minimum Gasteiger partial charge on any atom is -0.497 e. The van der Waals surface area contributed by atoms with Crippen LogP contribution in [-0.4, -0.2) is 36.1 Å². The number of hydrogen-bond acceptors (Lipinski definition) is 6. The third kappa shape index (κ3) is 3.09. The SMILES string of the molecule is COc1ccc(Oc2cnc(C(=O)NC3CC4CCC3N4)s2)cc1. The van der Waals surface area contributed by atoms with Crippen molar-refractivity contribution < 1.29 is 14.3 Å². The number of hydrogen-bond donors (Lipinski definition) is 2. The van der Waals surface area contributed by atoms with E-state index in [2.05, 4.69) is 15.6 Å². The molecule has 6 nitrogen and oxygen atoms in total. The lowest BCUT2D eigenvalue weighted by Crippen LogP contribution is -2.42. The smallest absolute Gasteiger partial charge is 0.280 e. The van der Waals surface area contributed by atoms with Crippen molar-refractivity contribution in [2.24, 2.45) is 0 Å². The van der Waals surface area contributed by atoms with E-state index in [1.807, 2.05) is 24.3 Å². The quantitative estimate of drug-likeness (QED) is 0.871. The summed E-state index contributed by atoms with van der Waals surface area (Å²) in [7, 11) is 1.62. The van der Waals surface area contributed by atoms with Crippen molar-refractivity contribution in [3.05, 3.63) is 35.5 Å². The number of nitrogens with zero attached hydrogens (tertiary/aromatic N) is 1. The highest BCUT2D eigenvalue weighted by Gasteiger charge is 2.39. The zero-order valence-corrected chi connectivity index (χ0v) is 14.1. The van der Waals surface area contributed by atoms with Gasteiger partial charge in [-0.1, -0.05) is 11.3 Å². The zero-order chi connectivity index (χ0) is 16.5. The first kappa shape index (κ1) is 15.4. The number of benzene rings is 1. The summed E-state index contributed by atoms with van der Waals surface area (Å²) in [6.45, 7) is 0. The van der Waals surface area contributed by atoms with Crippen LogP contribution in [0, 0.1) is 0 Å². The third-order valence-corrected chi connectivity index (χ3v) is 5.45. The number of rotatable bonds is 5. The fraction of sp³-hybridized carbons (Fsp3) is 0.412. The molecule has 7 heteroatoms. The molecule has 0 saturated carbocycles. The number of fused-ring (bicyclic) bond motifs is 2. The first-order valence-electron chi connectivity index (χ1n) is 8.06. The lowest BCUT2D eigenvalue weighted by Gasteiger charge is -2.20. The Labute approximate surface area is 144 Å². The molecule has 3 atom stereocenters. The van der Waals surface area contributed by atoms with Crippen LogP contribution in [0.3, 0.4) is 0 Å². The number of carbonyl (C=O) groups is 1. The summed E-state index contributed by atoms with van der Waals surface area (Å²) < 4.78 is 10.9. The topological polar surface area (TPSA) is 72.5 Å². The van der Waals surface area contributed by atoms with Crippen LogP contribution in [0.4, 0.5) is 0 Å². The molecule has 2 saturated heterocycles. The first-order valence-corrected chi connectivity index (χ1v) is 8.87. The summed E-state index contributed by atoms with van der Waals surface area (Å²) in [5.74, 6) is 1.33. The largest absolute Gasteiger partial charge is 0.497 e. The molecular weight excluding hydrogens is 326 g/mol. The molecule has 2 bridgehead atoms. The van der Waals surface area contributed by atoms with E-state index < -0.39 is 0 Å². The molecule has 2 fully saturated rings. The Morgan fingerprint density at radius 1 is 1.29 bits per heavy atom. The van der Waals surface area contributed by atoms with Gasteiger partial charge in [0.25, 0.3) is 5.91 Å². The van der Waals surface area contributed by atoms with Crippen LogP contribution in [-0.2, 0) is 0 Å². The fourth-order valence-corrected chi connectivity index (χ4v) is 4.08. The van der Waals surface area contributed by atoms with Gasteiger partial charge in [0.15, 0.2) is 5.01 Å². The number of ether oxygens (including phenoxy) is 2. The Kier molecular flexibility index (Phi) is 4.12. The second-order valence-electron chi connectivity index (χ2n) is 6.13. The van der Waals surface area contributed by atoms with E-state index in [-0.39, 0.29) is 11.9 Å². The van der Waals surface area contributed by atoms with E-state index in [4.69, 9.17) is 9.47 Å². The van der Waals surface area contributed by atoms with Crippen LogP contribution < -0.4 is 20.1 Å². The molecule has 3 unspecified atom stereocenters. The Hall–Kier alpha value is -2.12. The summed E-state index contributed by atoms with van der Waals surface area (Å²) in [5, 5.41) is 7.63. The van der Waals surface area contributed by atoms with E-state index >= 15 is 0 Å². The summed E-state index contributed by atoms with van der Waals surface area (Å²) in [4.78, 5) is 16.5. The van der Waals surface area contributed by atoms with Crippen molar-refractivity contribution in [2.75, 3.05) is 7.11 Å². The van der Waals surface area contributed by atoms with Gasteiger partial charge in [-0.25, -0.2) is 4.98 Å². The van der Waals surface area contributed by atoms with Crippen LogP contribution in [0.2, 0.25) is 0 Å². The second kappa shape index (κ2) is 6.41. The van der Waals surface area contributed by atoms with Gasteiger partial charge in [0, 0.05) is 18.1 Å². The maximum absolute atomic E-state index is 12.4. The monoisotopic (exact) mass is 345 g/mol. The number of thiazole rings is 1. The molecule has 0 radical (unpaired) electrons. The van der Waals surface area contributed by atoms with Gasteiger partial charge in [-0.2, -0.15) is 0 Å². The van der Waals surface area contributed by atoms with E-state index in [9.17, 15) is 4.79 Å². The number of aromatic nitrogens is 1. The normalized spacial score (nSPS) is 24.8. The zero-order valence-electron chi connectivity index (χ0n) is 13.3. The average Bonchev–Trinajstić information content (AvgIpc) is 3.32. The lowest BCUT2D eigenvalue weighted by atomic mass is 9.95. The molecule has 24 heavy (non-hydrogen) atoms. The van der Waals surface area contributed by atoms with Crippen molar-refractivity contribution >= 4 is 17.2 Å². The molecule has 2 aromatic rings. The highest BCUT2D eigenvalue weighted by molar-refractivity contribution is 7.15. The summed E-state index contributed by atoms with van der Waals surface area (Å²) in [6.07, 6.45) is 4.95. The minimum absolute atomic E-state index is 0.121. The number of amides is 1. The molecule has 2 aliphatic rings. The Morgan fingerprint density at radius 2 is 2.08 bits per heavy atom. The first-order chi connectivity index (χ1) is 11.7. The van der Waals surface area contributed by atoms with Crippen molar-refractivity contribution in [1.82, 2.24) is 15.6 Å². The molecule has 3 heterocycles. The van der Waals surface area contributed by atoms with Crippen molar-refractivity contribution in [2.45, 2.75) is 37.4 Å². The molecule has 2 N–H and O–H groups in total. The minimum atomic E-state index is -0.121. The Morgan fingerprint density at radius 3 is 2.75 bits per heavy atom. The lowest BCUT2D eigenvalue weighted by molar-refractivity contribution is 0.0930. The maximum atomic E-state index is 12.4. The van der Waals surface area contributed by atoms with Gasteiger partial charge < -0.3 is 20.1 Å². The molecule has 2 aliphatic heterocycles. The van der Waals surface area contributed by atoms with Crippen LogP contribution in [0.15, 0.2) is 30.5 Å². The predicted octanol–water partition coefficient (Wildman–Crippen LogP) is 2.57. The molecule has 0 aliphatic carbocycles. The van der Waals surface area contributed by atoms with Crippen molar-refractivity contribution in [3.63, 3.8) is 0 Å². The summed E-state index contributed by atoms with van der Waals surface area (Å²) in [5.41, 5.74) is 0. The van der Waals surface area contributed by atoms with Gasteiger partial charge in [-0.15, -0.1) is 0 Å². The van der Waals surface area contributed by atoms with E-state index in [1.54, 1.807) is 13.3 Å². The molecule has 1 amide bonds. The Balaban J connectivity index is 1.37. The summed E-state index contributed by atoms with van der Waals surface area (Å²) in [6, 6.07) is 8.47. The molecule has 1 aromatic heterocycles. The molecule has 0 spiro atoms. The van der Waals surface area contributed by atoms with Gasteiger partial charge in [-0.05, 0) is 43.5 Å². The molecule has 1 aromatic carbocycles. The van der Waals surface area contributed by atoms with Gasteiger partial charge in [0.05, 0.1) is 13.3 Å². The average molecular weight is 345 g/mol. The number of nitrogens with one attached hydrogen (secondary N) is 2. The predicted molar refractivity (Wildman–Crippen MR) is 91.0 cm³/mol. The highest BCUT2D eigenvalue weighted by atomic mass is 32.1.